The number of hydrogen-bond donors (Lipinski definition) is 6. The van der Waals surface area contributed by atoms with Crippen LogP contribution in [-0.2, 0) is 0 Å². The van der Waals surface area contributed by atoms with Gasteiger partial charge in [0.1, 0.15) is 23.0 Å². The molecule has 6 N–H and O–H groups in total. The normalized spacial score (nSPS) is 11.3. The summed E-state index contributed by atoms with van der Waals surface area (Å²) in [6.07, 6.45) is 0. The Morgan fingerprint density at radius 1 is 0.464 bits per heavy atom. The van der Waals surface area contributed by atoms with Crippen molar-refractivity contribution in [2.45, 2.75) is 13.8 Å². The number of urea groups is 2. The summed E-state index contributed by atoms with van der Waals surface area (Å²) in [4.78, 5) is 42.9. The number of nitrogens with one attached hydrogen (secondary N) is 6. The molecule has 16 heteroatoms. The van der Waals surface area contributed by atoms with Gasteiger partial charge >= 0.3 is 12.1 Å². The van der Waals surface area contributed by atoms with Gasteiger partial charge < -0.3 is 50.8 Å². The van der Waals surface area contributed by atoms with E-state index in [0.29, 0.717) is 47.5 Å². The Morgan fingerprint density at radius 2 is 0.804 bits per heavy atom. The smallest absolute Gasteiger partial charge is 0.319 e. The molecule has 1 aliphatic rings. The highest BCUT2D eigenvalue weighted by atomic mass is 16.5. The molecule has 0 spiro atoms. The van der Waals surface area contributed by atoms with Gasteiger partial charge in [-0.25, -0.2) is 9.59 Å². The van der Waals surface area contributed by atoms with Gasteiger partial charge in [0.25, 0.3) is 0 Å². The quantitative estimate of drug-likeness (QED) is 0.0742. The molecule has 8 bridgehead atoms. The van der Waals surface area contributed by atoms with Gasteiger partial charge in [0, 0.05) is 49.7 Å². The van der Waals surface area contributed by atoms with Crippen LogP contribution < -0.4 is 50.8 Å². The second-order valence-electron chi connectivity index (χ2n) is 12.5. The van der Waals surface area contributed by atoms with Gasteiger partial charge in [-0.3, -0.25) is 0 Å². The Kier molecular flexibility index (Phi) is 11.5. The standard InChI is InChI=1S/C40H38N10O6/c1-25-17-29-21-30(18-25)54-34-24-36(50-38(48-34)42-14-16-44-40(52)46-28-11-7-4-8-12-28)56-32-20-26(2)19-31(22-32)55-35-23-33(53-29)47-37(49-35)41-13-15-43-39(51)45-27-9-5-3-6-10-27/h3-12,17-24H,13-16H2,1-2H3,(H,41,47,49)(H,42,48,50)(H2,43,45,51)(H2,44,46,52). The van der Waals surface area contributed by atoms with Crippen molar-refractivity contribution in [3.05, 3.63) is 120 Å². The molecule has 56 heavy (non-hydrogen) atoms. The van der Waals surface area contributed by atoms with Crippen molar-refractivity contribution < 1.29 is 28.5 Å². The minimum absolute atomic E-state index is 0.196. The summed E-state index contributed by atoms with van der Waals surface area (Å²) in [6.45, 7) is 4.98. The van der Waals surface area contributed by atoms with E-state index in [1.54, 1.807) is 48.5 Å². The van der Waals surface area contributed by atoms with Gasteiger partial charge in [0.15, 0.2) is 0 Å². The van der Waals surface area contributed by atoms with E-state index in [9.17, 15) is 9.59 Å². The van der Waals surface area contributed by atoms with Crippen molar-refractivity contribution in [1.29, 1.82) is 0 Å². The number of para-hydroxylation sites is 2. The molecule has 0 fully saturated rings. The maximum atomic E-state index is 12.3. The molecular formula is C40H38N10O6. The van der Waals surface area contributed by atoms with Crippen LogP contribution in [-0.4, -0.2) is 58.2 Å². The Bertz CT molecular complexity index is 2070. The van der Waals surface area contributed by atoms with E-state index in [2.05, 4.69) is 51.8 Å². The molecule has 284 valence electrons. The molecule has 0 atom stereocenters. The highest BCUT2D eigenvalue weighted by Gasteiger charge is 2.15. The van der Waals surface area contributed by atoms with Crippen LogP contribution in [0.5, 0.6) is 46.5 Å². The fourth-order valence-corrected chi connectivity index (χ4v) is 5.42. The number of amides is 4. The van der Waals surface area contributed by atoms with Gasteiger partial charge in [0.2, 0.25) is 35.4 Å². The van der Waals surface area contributed by atoms with Gasteiger partial charge in [-0.1, -0.05) is 36.4 Å². The second-order valence-corrected chi connectivity index (χ2v) is 12.5. The maximum Gasteiger partial charge on any atom is 0.319 e. The zero-order valence-electron chi connectivity index (χ0n) is 30.5. The summed E-state index contributed by atoms with van der Waals surface area (Å²) in [6, 6.07) is 31.5. The molecule has 4 aromatic carbocycles. The number of carbonyl (C=O) groups excluding carboxylic acids is 2. The lowest BCUT2D eigenvalue weighted by Gasteiger charge is -2.15. The number of carbonyl (C=O) groups is 2. The molecule has 1 aliphatic heterocycles. The molecule has 4 amide bonds. The third-order valence-corrected chi connectivity index (χ3v) is 7.75. The van der Waals surface area contributed by atoms with Gasteiger partial charge in [0.05, 0.1) is 12.1 Å². The Morgan fingerprint density at radius 3 is 1.14 bits per heavy atom. The highest BCUT2D eigenvalue weighted by molar-refractivity contribution is 5.89. The van der Waals surface area contributed by atoms with Crippen LogP contribution in [0.15, 0.2) is 109 Å². The first-order valence-corrected chi connectivity index (χ1v) is 17.7. The number of anilines is 4. The topological polar surface area (TPSA) is 195 Å². The molecule has 0 saturated heterocycles. The number of benzene rings is 4. The van der Waals surface area contributed by atoms with Crippen molar-refractivity contribution in [1.82, 2.24) is 30.6 Å². The average molecular weight is 755 g/mol. The van der Waals surface area contributed by atoms with Gasteiger partial charge in [-0.15, -0.1) is 0 Å². The zero-order chi connectivity index (χ0) is 38.7. The molecule has 0 radical (unpaired) electrons. The van der Waals surface area contributed by atoms with Crippen LogP contribution in [0, 0.1) is 13.8 Å². The summed E-state index contributed by atoms with van der Waals surface area (Å²) in [5, 5.41) is 17.4. The largest absolute Gasteiger partial charge is 0.439 e. The number of rotatable bonds is 10. The predicted octanol–water partition coefficient (Wildman–Crippen LogP) is 7.83. The lowest BCUT2D eigenvalue weighted by atomic mass is 10.2. The lowest BCUT2D eigenvalue weighted by Crippen LogP contribution is -2.32. The van der Waals surface area contributed by atoms with E-state index >= 15 is 0 Å². The highest BCUT2D eigenvalue weighted by Crippen LogP contribution is 2.35. The predicted molar refractivity (Wildman–Crippen MR) is 211 cm³/mol. The molecule has 0 aliphatic carbocycles. The Labute approximate surface area is 322 Å². The fourth-order valence-electron chi connectivity index (χ4n) is 5.42. The fraction of sp³-hybridized carbons (Fsp3) is 0.150. The molecule has 0 saturated carbocycles. The van der Waals surface area contributed by atoms with E-state index in [1.807, 2.05) is 74.5 Å². The van der Waals surface area contributed by atoms with E-state index in [1.165, 1.54) is 0 Å². The lowest BCUT2D eigenvalue weighted by molar-refractivity contribution is 0.251. The first-order chi connectivity index (χ1) is 27.3. The van der Waals surface area contributed by atoms with Crippen molar-refractivity contribution >= 4 is 35.3 Å². The minimum Gasteiger partial charge on any atom is -0.439 e. The van der Waals surface area contributed by atoms with Crippen LogP contribution in [0.2, 0.25) is 0 Å². The van der Waals surface area contributed by atoms with Gasteiger partial charge in [-0.2, -0.15) is 19.9 Å². The number of hydrogen-bond acceptors (Lipinski definition) is 12. The summed E-state index contributed by atoms with van der Waals surface area (Å²) < 4.78 is 24.9. The minimum atomic E-state index is -0.343. The molecule has 3 heterocycles. The zero-order valence-corrected chi connectivity index (χ0v) is 30.5. The van der Waals surface area contributed by atoms with Crippen LogP contribution in [0.1, 0.15) is 11.1 Å². The van der Waals surface area contributed by atoms with E-state index < -0.39 is 0 Å². The molecule has 6 aromatic rings. The SMILES string of the molecule is Cc1cc2cc(c1)Oc1cc(nc(NCCNC(=O)Nc3ccccc3)n1)Oc1cc(C)cc(c1)Oc1cc(nc(NCCNC(=O)Nc3ccccc3)n1)O2. The van der Waals surface area contributed by atoms with Crippen molar-refractivity contribution in [3.8, 4) is 46.5 Å². The van der Waals surface area contributed by atoms with Crippen molar-refractivity contribution in [2.75, 3.05) is 47.4 Å². The first-order valence-electron chi connectivity index (χ1n) is 17.7. The van der Waals surface area contributed by atoms with E-state index in [4.69, 9.17) is 18.9 Å². The van der Waals surface area contributed by atoms with E-state index in [-0.39, 0.29) is 60.6 Å². The summed E-state index contributed by atoms with van der Waals surface area (Å²) >= 11 is 0. The number of aromatic nitrogens is 4. The van der Waals surface area contributed by atoms with Crippen LogP contribution >= 0.6 is 0 Å². The second kappa shape index (κ2) is 17.5. The molecule has 2 aromatic heterocycles. The molecular weight excluding hydrogens is 717 g/mol. The van der Waals surface area contributed by atoms with Crippen LogP contribution in [0.25, 0.3) is 0 Å². The van der Waals surface area contributed by atoms with Crippen LogP contribution in [0.4, 0.5) is 32.9 Å². The van der Waals surface area contributed by atoms with Gasteiger partial charge in [-0.05, 0) is 73.5 Å². The third kappa shape index (κ3) is 10.7. The summed E-state index contributed by atoms with van der Waals surface area (Å²) in [5.41, 5.74) is 3.05. The number of ether oxygens (including phenoxy) is 4. The summed E-state index contributed by atoms with van der Waals surface area (Å²) in [5.74, 6) is 2.95. The monoisotopic (exact) mass is 754 g/mol. The van der Waals surface area contributed by atoms with Crippen molar-refractivity contribution in [3.63, 3.8) is 0 Å². The number of aryl methyl sites for hydroxylation is 2. The first kappa shape index (κ1) is 36.7. The molecule has 16 nitrogen and oxygen atoms in total. The average Bonchev–Trinajstić information content (AvgIpc) is 3.15. The molecule has 0 unspecified atom stereocenters. The number of nitrogens with zero attached hydrogens (tertiary/aromatic N) is 4. The van der Waals surface area contributed by atoms with E-state index in [0.717, 1.165) is 11.1 Å². The summed E-state index contributed by atoms with van der Waals surface area (Å²) in [7, 11) is 0. The maximum absolute atomic E-state index is 12.3. The Balaban J connectivity index is 1.08. The molecule has 7 rings (SSSR count). The number of fused-ring (bicyclic) bond motifs is 8. The third-order valence-electron chi connectivity index (χ3n) is 7.75. The van der Waals surface area contributed by atoms with Crippen LogP contribution in [0.3, 0.4) is 0 Å². The van der Waals surface area contributed by atoms with Crippen molar-refractivity contribution in [2.24, 2.45) is 0 Å². The Hall–Kier alpha value is -7.62.